The van der Waals surface area contributed by atoms with Crippen molar-refractivity contribution in [2.45, 2.75) is 6.92 Å². The van der Waals surface area contributed by atoms with Crippen LogP contribution in [-0.4, -0.2) is 69.1 Å². The molecule has 0 aliphatic carbocycles. The highest BCUT2D eigenvalue weighted by atomic mass is 32.1. The van der Waals surface area contributed by atoms with Crippen LogP contribution < -0.4 is 9.64 Å². The summed E-state index contributed by atoms with van der Waals surface area (Å²) in [5.41, 5.74) is 1.93. The number of amides is 1. The van der Waals surface area contributed by atoms with Gasteiger partial charge in [-0.25, -0.2) is 14.6 Å². The number of carbonyl (C=O) groups excluding carboxylic acids is 1. The fraction of sp³-hybridized carbons (Fsp3) is 0.286. The van der Waals surface area contributed by atoms with Crippen molar-refractivity contribution >= 4 is 33.3 Å². The van der Waals surface area contributed by atoms with E-state index in [0.717, 1.165) is 27.5 Å². The second-order valence-corrected chi connectivity index (χ2v) is 8.14. The van der Waals surface area contributed by atoms with Crippen molar-refractivity contribution in [1.29, 1.82) is 0 Å². The van der Waals surface area contributed by atoms with E-state index in [1.54, 1.807) is 29.5 Å². The molecule has 9 nitrogen and oxygen atoms in total. The molecule has 158 valence electrons. The van der Waals surface area contributed by atoms with E-state index >= 15 is 0 Å². The maximum atomic E-state index is 13.1. The fourth-order valence-corrected chi connectivity index (χ4v) is 4.52. The van der Waals surface area contributed by atoms with Crippen molar-refractivity contribution in [2.75, 3.05) is 38.2 Å². The molecule has 1 fully saturated rings. The average molecular weight is 436 g/mol. The van der Waals surface area contributed by atoms with Gasteiger partial charge in [0.2, 0.25) is 0 Å². The molecule has 0 N–H and O–H groups in total. The Bertz CT molecular complexity index is 1230. The van der Waals surface area contributed by atoms with Crippen molar-refractivity contribution in [1.82, 2.24) is 29.9 Å². The second-order valence-electron chi connectivity index (χ2n) is 7.25. The van der Waals surface area contributed by atoms with Crippen molar-refractivity contribution in [3.05, 3.63) is 53.4 Å². The van der Waals surface area contributed by atoms with Crippen LogP contribution in [0.1, 0.15) is 16.2 Å². The monoisotopic (exact) mass is 435 g/mol. The van der Waals surface area contributed by atoms with Crippen LogP contribution in [-0.2, 0) is 0 Å². The summed E-state index contributed by atoms with van der Waals surface area (Å²) in [6.07, 6.45) is 1.60. The summed E-state index contributed by atoms with van der Waals surface area (Å²) in [5, 5.41) is 11.5. The lowest BCUT2D eigenvalue weighted by Gasteiger charge is -2.35. The average Bonchev–Trinajstić information content (AvgIpc) is 3.45. The predicted molar refractivity (Wildman–Crippen MR) is 118 cm³/mol. The number of thiophene rings is 1. The van der Waals surface area contributed by atoms with E-state index in [9.17, 15) is 4.79 Å². The lowest BCUT2D eigenvalue weighted by atomic mass is 10.2. The third-order valence-corrected chi connectivity index (χ3v) is 6.34. The quantitative estimate of drug-likeness (QED) is 0.487. The Morgan fingerprint density at radius 2 is 1.84 bits per heavy atom. The molecule has 0 atom stereocenters. The Morgan fingerprint density at radius 1 is 1.06 bits per heavy atom. The minimum atomic E-state index is -0.0970. The number of carbonyl (C=O) groups is 1. The number of methoxy groups -OCH3 is 1. The molecule has 5 rings (SSSR count). The fourth-order valence-electron chi connectivity index (χ4n) is 3.80. The Balaban J connectivity index is 1.30. The number of ether oxygens (including phenoxy) is 1. The summed E-state index contributed by atoms with van der Waals surface area (Å²) in [5.74, 6) is 1.60. The van der Waals surface area contributed by atoms with Crippen molar-refractivity contribution in [3.8, 4) is 11.4 Å². The molecule has 0 bridgehead atoms. The van der Waals surface area contributed by atoms with E-state index < -0.39 is 0 Å². The van der Waals surface area contributed by atoms with Gasteiger partial charge in [0.05, 0.1) is 23.9 Å². The summed E-state index contributed by atoms with van der Waals surface area (Å²) in [6, 6.07) is 9.54. The van der Waals surface area contributed by atoms with Gasteiger partial charge in [0.1, 0.15) is 22.7 Å². The van der Waals surface area contributed by atoms with Crippen molar-refractivity contribution in [2.24, 2.45) is 0 Å². The molecule has 4 aromatic rings. The summed E-state index contributed by atoms with van der Waals surface area (Å²) in [6.45, 7) is 4.48. The second kappa shape index (κ2) is 7.95. The zero-order valence-corrected chi connectivity index (χ0v) is 18.0. The Morgan fingerprint density at radius 3 is 2.58 bits per heavy atom. The van der Waals surface area contributed by atoms with Gasteiger partial charge in [0.15, 0.2) is 5.69 Å². The smallest absolute Gasteiger partial charge is 0.276 e. The maximum Gasteiger partial charge on any atom is 0.276 e. The summed E-state index contributed by atoms with van der Waals surface area (Å²) < 4.78 is 6.88. The zero-order valence-electron chi connectivity index (χ0n) is 17.2. The first-order valence-corrected chi connectivity index (χ1v) is 10.8. The molecule has 31 heavy (non-hydrogen) atoms. The standard InChI is InChI=1S/C21H21N7O2S/c1-14-18(24-25-28(14)15-3-5-16(30-2)6-4-15)21(29)27-10-8-26(9-11-27)19-17-7-12-31-20(17)23-13-22-19/h3-7,12-13H,8-11H2,1-2H3. The van der Waals surface area contributed by atoms with Crippen LogP contribution >= 0.6 is 11.3 Å². The first-order valence-electron chi connectivity index (χ1n) is 9.95. The first kappa shape index (κ1) is 19.4. The maximum absolute atomic E-state index is 13.1. The molecule has 1 saturated heterocycles. The van der Waals surface area contributed by atoms with E-state index in [4.69, 9.17) is 4.74 Å². The van der Waals surface area contributed by atoms with Crippen molar-refractivity contribution in [3.63, 3.8) is 0 Å². The highest BCUT2D eigenvalue weighted by Gasteiger charge is 2.27. The minimum absolute atomic E-state index is 0.0970. The van der Waals surface area contributed by atoms with Gasteiger partial charge < -0.3 is 14.5 Å². The molecule has 1 aliphatic rings. The van der Waals surface area contributed by atoms with Gasteiger partial charge in [-0.15, -0.1) is 16.4 Å². The number of hydrogen-bond acceptors (Lipinski definition) is 8. The van der Waals surface area contributed by atoms with E-state index in [1.807, 2.05) is 47.5 Å². The van der Waals surface area contributed by atoms with Gasteiger partial charge in [-0.05, 0) is 42.6 Å². The number of benzene rings is 1. The zero-order chi connectivity index (χ0) is 21.4. The van der Waals surface area contributed by atoms with E-state index in [1.165, 1.54) is 0 Å². The van der Waals surface area contributed by atoms with Gasteiger partial charge in [-0.3, -0.25) is 4.79 Å². The molecule has 1 aromatic carbocycles. The minimum Gasteiger partial charge on any atom is -0.497 e. The van der Waals surface area contributed by atoms with Gasteiger partial charge in [-0.2, -0.15) is 0 Å². The number of rotatable bonds is 4. The largest absolute Gasteiger partial charge is 0.497 e. The molecule has 1 amide bonds. The van der Waals surface area contributed by atoms with Crippen LogP contribution in [0, 0.1) is 6.92 Å². The molecule has 3 aromatic heterocycles. The third kappa shape index (κ3) is 3.48. The van der Waals surface area contributed by atoms with E-state index in [0.29, 0.717) is 37.6 Å². The van der Waals surface area contributed by atoms with Crippen LogP contribution in [0.5, 0.6) is 5.75 Å². The lowest BCUT2D eigenvalue weighted by Crippen LogP contribution is -2.49. The van der Waals surface area contributed by atoms with Crippen LogP contribution in [0.4, 0.5) is 5.82 Å². The SMILES string of the molecule is COc1ccc(-n2nnc(C(=O)N3CCN(c4ncnc5sccc45)CC3)c2C)cc1. The summed E-state index contributed by atoms with van der Waals surface area (Å²) >= 11 is 1.61. The highest BCUT2D eigenvalue weighted by Crippen LogP contribution is 2.27. The van der Waals surface area contributed by atoms with E-state index in [2.05, 4.69) is 25.2 Å². The number of nitrogens with zero attached hydrogens (tertiary/aromatic N) is 7. The number of aromatic nitrogens is 5. The molecular weight excluding hydrogens is 414 g/mol. The molecule has 0 unspecified atom stereocenters. The molecule has 0 spiro atoms. The molecule has 1 aliphatic heterocycles. The van der Waals surface area contributed by atoms with Crippen LogP contribution in [0.2, 0.25) is 0 Å². The van der Waals surface area contributed by atoms with Gasteiger partial charge in [0.25, 0.3) is 5.91 Å². The summed E-state index contributed by atoms with van der Waals surface area (Å²) in [7, 11) is 1.62. The Hall–Kier alpha value is -3.53. The first-order chi connectivity index (χ1) is 15.2. The topological polar surface area (TPSA) is 89.3 Å². The Kier molecular flexibility index (Phi) is 4.99. The van der Waals surface area contributed by atoms with Crippen LogP contribution in [0.25, 0.3) is 15.9 Å². The van der Waals surface area contributed by atoms with E-state index in [-0.39, 0.29) is 5.91 Å². The number of piperazine rings is 1. The number of anilines is 1. The number of hydrogen-bond donors (Lipinski definition) is 0. The molecule has 0 radical (unpaired) electrons. The normalized spacial score (nSPS) is 14.3. The third-order valence-electron chi connectivity index (χ3n) is 5.52. The molecule has 0 saturated carbocycles. The lowest BCUT2D eigenvalue weighted by molar-refractivity contribution is 0.0740. The predicted octanol–water partition coefficient (Wildman–Crippen LogP) is 2.55. The molecule has 4 heterocycles. The molecular formula is C21H21N7O2S. The van der Waals surface area contributed by atoms with Crippen LogP contribution in [0.3, 0.4) is 0 Å². The van der Waals surface area contributed by atoms with Gasteiger partial charge in [0, 0.05) is 26.2 Å². The van der Waals surface area contributed by atoms with Gasteiger partial charge in [-0.1, -0.05) is 5.21 Å². The Labute approximate surface area is 182 Å². The molecule has 10 heteroatoms. The number of fused-ring (bicyclic) bond motifs is 1. The highest BCUT2D eigenvalue weighted by molar-refractivity contribution is 7.16. The summed E-state index contributed by atoms with van der Waals surface area (Å²) in [4.78, 5) is 26.9. The van der Waals surface area contributed by atoms with Crippen LogP contribution in [0.15, 0.2) is 42.0 Å². The van der Waals surface area contributed by atoms with Crippen molar-refractivity contribution < 1.29 is 9.53 Å². The van der Waals surface area contributed by atoms with Gasteiger partial charge >= 0.3 is 0 Å².